The van der Waals surface area contributed by atoms with Crippen molar-refractivity contribution in [1.82, 2.24) is 10.6 Å². The lowest BCUT2D eigenvalue weighted by Crippen LogP contribution is -2.50. The molecule has 0 heterocycles. The summed E-state index contributed by atoms with van der Waals surface area (Å²) in [6, 6.07) is 18.7. The molecule has 7 nitrogen and oxygen atoms in total. The van der Waals surface area contributed by atoms with Gasteiger partial charge in [-0.3, -0.25) is 14.4 Å². The number of hydrogen-bond donors (Lipinski definition) is 3. The van der Waals surface area contributed by atoms with Crippen LogP contribution in [0, 0.1) is 11.8 Å². The monoisotopic (exact) mass is 574 g/mol. The Bertz CT molecular complexity index is 1140. The first-order chi connectivity index (χ1) is 20.4. The SMILES string of the molecule is C=CCCCC(Cc1ccccc1)C(=O)OCC(NC(=O)C(CC=C)CC(=O)NC1(CO)CCCC1)c1ccccc1. The van der Waals surface area contributed by atoms with Crippen molar-refractivity contribution in [3.8, 4) is 0 Å². The zero-order valence-corrected chi connectivity index (χ0v) is 24.6. The zero-order chi connectivity index (χ0) is 30.2. The average Bonchev–Trinajstić information content (AvgIpc) is 3.48. The predicted molar refractivity (Wildman–Crippen MR) is 165 cm³/mol. The van der Waals surface area contributed by atoms with E-state index in [9.17, 15) is 19.5 Å². The number of aliphatic hydroxyl groups excluding tert-OH is 1. The van der Waals surface area contributed by atoms with Crippen LogP contribution in [0.15, 0.2) is 86.0 Å². The summed E-state index contributed by atoms with van der Waals surface area (Å²) in [4.78, 5) is 39.8. The van der Waals surface area contributed by atoms with Crippen LogP contribution in [-0.2, 0) is 25.5 Å². The molecule has 42 heavy (non-hydrogen) atoms. The number of amides is 2. The summed E-state index contributed by atoms with van der Waals surface area (Å²) >= 11 is 0. The lowest BCUT2D eigenvalue weighted by Gasteiger charge is -2.29. The minimum Gasteiger partial charge on any atom is -0.463 e. The van der Waals surface area contributed by atoms with Gasteiger partial charge in [-0.2, -0.15) is 0 Å². The molecular weight excluding hydrogens is 528 g/mol. The molecule has 1 fully saturated rings. The van der Waals surface area contributed by atoms with Crippen LogP contribution in [-0.4, -0.2) is 41.6 Å². The van der Waals surface area contributed by atoms with Gasteiger partial charge in [-0.1, -0.05) is 85.7 Å². The molecule has 2 amide bonds. The van der Waals surface area contributed by atoms with E-state index in [4.69, 9.17) is 4.74 Å². The van der Waals surface area contributed by atoms with Crippen molar-refractivity contribution in [2.75, 3.05) is 13.2 Å². The van der Waals surface area contributed by atoms with Crippen LogP contribution >= 0.6 is 0 Å². The van der Waals surface area contributed by atoms with Gasteiger partial charge in [0.15, 0.2) is 0 Å². The maximum atomic E-state index is 13.5. The molecule has 3 rings (SSSR count). The van der Waals surface area contributed by atoms with Crippen LogP contribution in [0.25, 0.3) is 0 Å². The smallest absolute Gasteiger partial charge is 0.309 e. The third-order valence-corrected chi connectivity index (χ3v) is 8.05. The molecule has 0 radical (unpaired) electrons. The Balaban J connectivity index is 1.68. The van der Waals surface area contributed by atoms with Crippen LogP contribution in [0.4, 0.5) is 0 Å². The van der Waals surface area contributed by atoms with Crippen LogP contribution < -0.4 is 10.6 Å². The van der Waals surface area contributed by atoms with E-state index < -0.39 is 17.5 Å². The van der Waals surface area contributed by atoms with Crippen molar-refractivity contribution in [3.05, 3.63) is 97.1 Å². The van der Waals surface area contributed by atoms with E-state index in [1.54, 1.807) is 6.08 Å². The quantitative estimate of drug-likeness (QED) is 0.122. The number of unbranched alkanes of at least 4 members (excludes halogenated alkanes) is 1. The Labute approximate surface area is 250 Å². The van der Waals surface area contributed by atoms with E-state index >= 15 is 0 Å². The Hall–Kier alpha value is -3.71. The summed E-state index contributed by atoms with van der Waals surface area (Å²) in [5.74, 6) is -1.84. The molecule has 0 aromatic heterocycles. The second-order valence-corrected chi connectivity index (χ2v) is 11.3. The molecule has 0 bridgehead atoms. The number of carbonyl (C=O) groups excluding carboxylic acids is 3. The summed E-state index contributed by atoms with van der Waals surface area (Å²) in [7, 11) is 0. The number of benzene rings is 2. The van der Waals surface area contributed by atoms with Crippen molar-refractivity contribution in [1.29, 1.82) is 0 Å². The van der Waals surface area contributed by atoms with E-state index in [-0.39, 0.29) is 43.3 Å². The average molecular weight is 575 g/mol. The third kappa shape index (κ3) is 10.3. The number of esters is 1. The maximum Gasteiger partial charge on any atom is 0.309 e. The highest BCUT2D eigenvalue weighted by Crippen LogP contribution is 2.29. The van der Waals surface area contributed by atoms with E-state index in [0.717, 1.165) is 49.7 Å². The first-order valence-electron chi connectivity index (χ1n) is 15.1. The van der Waals surface area contributed by atoms with Gasteiger partial charge in [-0.05, 0) is 56.1 Å². The van der Waals surface area contributed by atoms with Crippen molar-refractivity contribution in [2.24, 2.45) is 11.8 Å². The van der Waals surface area contributed by atoms with Gasteiger partial charge < -0.3 is 20.5 Å². The first kappa shape index (κ1) is 32.8. The minimum atomic E-state index is -0.647. The number of hydrogen-bond acceptors (Lipinski definition) is 5. The summed E-state index contributed by atoms with van der Waals surface area (Å²) in [6.45, 7) is 7.42. The fourth-order valence-corrected chi connectivity index (χ4v) is 5.62. The number of allylic oxidation sites excluding steroid dienone is 2. The molecule has 1 aliphatic rings. The third-order valence-electron chi connectivity index (χ3n) is 8.05. The number of ether oxygens (including phenoxy) is 1. The zero-order valence-electron chi connectivity index (χ0n) is 24.6. The standard InChI is InChI=1S/C35H46N2O5/c1-3-5-8-20-30(23-27-16-9-6-10-17-27)34(41)42-25-31(28-18-11-7-12-19-28)36-33(40)29(15-4-2)24-32(39)37-35(26-38)21-13-14-22-35/h3-4,6-7,9-12,16-19,29-31,38H,1-2,5,8,13-15,20-26H2,(H,36,40)(H,37,39). The highest BCUT2D eigenvalue weighted by atomic mass is 16.5. The summed E-state index contributed by atoms with van der Waals surface area (Å²) in [6.07, 6.45) is 10.0. The second kappa shape index (κ2) is 17.3. The van der Waals surface area contributed by atoms with Gasteiger partial charge >= 0.3 is 5.97 Å². The topological polar surface area (TPSA) is 105 Å². The number of aliphatic hydroxyl groups is 1. The summed E-state index contributed by atoms with van der Waals surface area (Å²) < 4.78 is 5.86. The van der Waals surface area contributed by atoms with Crippen LogP contribution in [0.3, 0.4) is 0 Å². The van der Waals surface area contributed by atoms with Gasteiger partial charge in [0.2, 0.25) is 11.8 Å². The summed E-state index contributed by atoms with van der Waals surface area (Å²) in [5, 5.41) is 15.9. The molecule has 2 aromatic rings. The molecule has 7 heteroatoms. The highest BCUT2D eigenvalue weighted by molar-refractivity contribution is 5.86. The lowest BCUT2D eigenvalue weighted by molar-refractivity contribution is -0.150. The molecule has 3 unspecified atom stereocenters. The van der Waals surface area contributed by atoms with E-state index in [1.165, 1.54) is 0 Å². The molecule has 0 spiro atoms. The van der Waals surface area contributed by atoms with E-state index in [0.29, 0.717) is 19.3 Å². The molecule has 3 atom stereocenters. The Morgan fingerprint density at radius 2 is 1.62 bits per heavy atom. The predicted octanol–water partition coefficient (Wildman–Crippen LogP) is 5.61. The second-order valence-electron chi connectivity index (χ2n) is 11.3. The van der Waals surface area contributed by atoms with Gasteiger partial charge in [-0.15, -0.1) is 13.2 Å². The number of carbonyl (C=O) groups is 3. The highest BCUT2D eigenvalue weighted by Gasteiger charge is 2.35. The van der Waals surface area contributed by atoms with Crippen LogP contribution in [0.2, 0.25) is 0 Å². The van der Waals surface area contributed by atoms with Gasteiger partial charge in [0.25, 0.3) is 0 Å². The number of rotatable bonds is 18. The molecule has 0 saturated heterocycles. The lowest BCUT2D eigenvalue weighted by atomic mass is 9.94. The molecule has 1 saturated carbocycles. The fourth-order valence-electron chi connectivity index (χ4n) is 5.62. The van der Waals surface area contributed by atoms with Gasteiger partial charge in [0.1, 0.15) is 6.61 Å². The Morgan fingerprint density at radius 3 is 2.24 bits per heavy atom. The van der Waals surface area contributed by atoms with Crippen molar-refractivity contribution in [3.63, 3.8) is 0 Å². The van der Waals surface area contributed by atoms with E-state index in [2.05, 4.69) is 23.8 Å². The minimum absolute atomic E-state index is 0.0245. The molecule has 226 valence electrons. The van der Waals surface area contributed by atoms with Gasteiger partial charge in [0.05, 0.1) is 30.0 Å². The normalized spacial score (nSPS) is 16.0. The van der Waals surface area contributed by atoms with E-state index in [1.807, 2.05) is 66.7 Å². The largest absolute Gasteiger partial charge is 0.463 e. The molecule has 2 aromatic carbocycles. The number of nitrogens with one attached hydrogen (secondary N) is 2. The van der Waals surface area contributed by atoms with Crippen molar-refractivity contribution < 1.29 is 24.2 Å². The Morgan fingerprint density at radius 1 is 0.952 bits per heavy atom. The Kier molecular flexibility index (Phi) is 13.5. The molecule has 3 N–H and O–H groups in total. The van der Waals surface area contributed by atoms with Gasteiger partial charge in [-0.25, -0.2) is 0 Å². The van der Waals surface area contributed by atoms with Gasteiger partial charge in [0, 0.05) is 6.42 Å². The van der Waals surface area contributed by atoms with Crippen LogP contribution in [0.5, 0.6) is 0 Å². The molecular formula is C35H46N2O5. The first-order valence-corrected chi connectivity index (χ1v) is 15.1. The van der Waals surface area contributed by atoms with Crippen molar-refractivity contribution in [2.45, 2.75) is 75.8 Å². The van der Waals surface area contributed by atoms with Crippen molar-refractivity contribution >= 4 is 17.8 Å². The molecule has 1 aliphatic carbocycles. The molecule has 0 aliphatic heterocycles. The fraction of sp³-hybridized carbons (Fsp3) is 0.457. The summed E-state index contributed by atoms with van der Waals surface area (Å²) in [5.41, 5.74) is 1.27. The van der Waals surface area contributed by atoms with Crippen LogP contribution in [0.1, 0.15) is 75.0 Å². The maximum absolute atomic E-state index is 13.5.